The molecule has 2 aliphatic heterocycles. The van der Waals surface area contributed by atoms with Gasteiger partial charge in [0.05, 0.1) is 6.54 Å². The van der Waals surface area contributed by atoms with Gasteiger partial charge in [-0.15, -0.1) is 0 Å². The topological polar surface area (TPSA) is 47.9 Å². The molecular weight excluding hydrogens is 332 g/mol. The zero-order chi connectivity index (χ0) is 18.2. The van der Waals surface area contributed by atoms with E-state index in [2.05, 4.69) is 49.7 Å². The molecule has 2 saturated heterocycles. The third-order valence-electron chi connectivity index (χ3n) is 5.07. The Balaban J connectivity index is 1.87. The van der Waals surface area contributed by atoms with Gasteiger partial charge in [0.25, 0.3) is 0 Å². The standard InChI is InChI=1S/C19H36N4OS/c1-5-20-19(23-11-12-25-17(14-23)15(2)3)21-9-8-18(24)22-10-6-7-16(4)13-22/h15-17H,5-14H2,1-4H3,(H,20,21). The lowest BCUT2D eigenvalue weighted by molar-refractivity contribution is -0.132. The van der Waals surface area contributed by atoms with Crippen LogP contribution in [0.15, 0.2) is 4.99 Å². The fraction of sp³-hybridized carbons (Fsp3) is 0.895. The fourth-order valence-corrected chi connectivity index (χ4v) is 4.83. The molecule has 0 saturated carbocycles. The number of piperidine rings is 1. The Labute approximate surface area is 158 Å². The van der Waals surface area contributed by atoms with Gasteiger partial charge in [-0.05, 0) is 31.6 Å². The van der Waals surface area contributed by atoms with Crippen LogP contribution < -0.4 is 5.32 Å². The Bertz CT molecular complexity index is 455. The van der Waals surface area contributed by atoms with Crippen LogP contribution >= 0.6 is 11.8 Å². The Morgan fingerprint density at radius 1 is 1.28 bits per heavy atom. The molecule has 2 atom stereocenters. The first-order valence-corrected chi connectivity index (χ1v) is 11.0. The molecule has 0 aromatic heterocycles. The molecule has 0 bridgehead atoms. The van der Waals surface area contributed by atoms with Crippen molar-refractivity contribution < 1.29 is 4.79 Å². The molecule has 25 heavy (non-hydrogen) atoms. The maximum absolute atomic E-state index is 12.4. The monoisotopic (exact) mass is 368 g/mol. The van der Waals surface area contributed by atoms with E-state index in [9.17, 15) is 4.79 Å². The van der Waals surface area contributed by atoms with Crippen molar-refractivity contribution in [3.63, 3.8) is 0 Å². The third-order valence-corrected chi connectivity index (χ3v) is 6.61. The summed E-state index contributed by atoms with van der Waals surface area (Å²) < 4.78 is 0. The van der Waals surface area contributed by atoms with E-state index >= 15 is 0 Å². The summed E-state index contributed by atoms with van der Waals surface area (Å²) in [5, 5.41) is 4.08. The molecule has 0 aliphatic carbocycles. The smallest absolute Gasteiger partial charge is 0.224 e. The Hall–Kier alpha value is -0.910. The van der Waals surface area contributed by atoms with Gasteiger partial charge in [-0.2, -0.15) is 11.8 Å². The van der Waals surface area contributed by atoms with Crippen LogP contribution in [0.1, 0.15) is 47.0 Å². The van der Waals surface area contributed by atoms with Crippen LogP contribution in [-0.2, 0) is 4.79 Å². The fourth-order valence-electron chi connectivity index (χ4n) is 3.53. The number of likely N-dealkylation sites (tertiary alicyclic amines) is 1. The third kappa shape index (κ3) is 6.39. The largest absolute Gasteiger partial charge is 0.357 e. The number of rotatable bonds is 5. The molecule has 144 valence electrons. The SMILES string of the molecule is CCNC(=NCCC(=O)N1CCCC(C)C1)N1CCSC(C(C)C)C1. The summed E-state index contributed by atoms with van der Waals surface area (Å²) in [7, 11) is 0. The number of carbonyl (C=O) groups is 1. The highest BCUT2D eigenvalue weighted by molar-refractivity contribution is 8.00. The van der Waals surface area contributed by atoms with E-state index < -0.39 is 0 Å². The van der Waals surface area contributed by atoms with Crippen molar-refractivity contribution in [1.29, 1.82) is 0 Å². The molecule has 0 aromatic rings. The van der Waals surface area contributed by atoms with Gasteiger partial charge in [0, 0.05) is 50.1 Å². The summed E-state index contributed by atoms with van der Waals surface area (Å²) in [6, 6.07) is 0. The van der Waals surface area contributed by atoms with Crippen molar-refractivity contribution >= 4 is 23.6 Å². The molecule has 2 aliphatic rings. The number of carbonyl (C=O) groups excluding carboxylic acids is 1. The summed E-state index contributed by atoms with van der Waals surface area (Å²) in [6.45, 7) is 14.3. The zero-order valence-corrected chi connectivity index (χ0v) is 17.3. The molecule has 2 rings (SSSR count). The molecule has 0 radical (unpaired) electrons. The first-order chi connectivity index (χ1) is 12.0. The van der Waals surface area contributed by atoms with Crippen LogP contribution in [0.25, 0.3) is 0 Å². The first kappa shape index (κ1) is 20.4. The molecular formula is C19H36N4OS. The number of thioether (sulfide) groups is 1. The van der Waals surface area contributed by atoms with Crippen LogP contribution in [0.2, 0.25) is 0 Å². The average molecular weight is 369 g/mol. The maximum atomic E-state index is 12.4. The van der Waals surface area contributed by atoms with Gasteiger partial charge >= 0.3 is 0 Å². The average Bonchev–Trinajstić information content (AvgIpc) is 2.61. The van der Waals surface area contributed by atoms with Gasteiger partial charge in [-0.1, -0.05) is 20.8 Å². The summed E-state index contributed by atoms with van der Waals surface area (Å²) in [5.74, 6) is 3.71. The number of guanidine groups is 1. The quantitative estimate of drug-likeness (QED) is 0.599. The van der Waals surface area contributed by atoms with Gasteiger partial charge < -0.3 is 15.1 Å². The summed E-state index contributed by atoms with van der Waals surface area (Å²) in [5.41, 5.74) is 0. The summed E-state index contributed by atoms with van der Waals surface area (Å²) >= 11 is 2.07. The zero-order valence-electron chi connectivity index (χ0n) is 16.5. The summed E-state index contributed by atoms with van der Waals surface area (Å²) in [4.78, 5) is 21.6. The van der Waals surface area contributed by atoms with Gasteiger partial charge in [0.2, 0.25) is 5.91 Å². The van der Waals surface area contributed by atoms with Crippen LogP contribution in [0.3, 0.4) is 0 Å². The maximum Gasteiger partial charge on any atom is 0.224 e. The second kappa shape index (κ2) is 10.3. The van der Waals surface area contributed by atoms with Gasteiger partial charge in [-0.25, -0.2) is 0 Å². The summed E-state index contributed by atoms with van der Waals surface area (Å²) in [6.07, 6.45) is 2.91. The van der Waals surface area contributed by atoms with Gasteiger partial charge in [0.15, 0.2) is 5.96 Å². The molecule has 2 unspecified atom stereocenters. The minimum Gasteiger partial charge on any atom is -0.357 e. The lowest BCUT2D eigenvalue weighted by Crippen LogP contribution is -2.49. The minimum atomic E-state index is 0.264. The number of hydrogen-bond donors (Lipinski definition) is 1. The van der Waals surface area contributed by atoms with Crippen molar-refractivity contribution in [3.05, 3.63) is 0 Å². The van der Waals surface area contributed by atoms with E-state index in [1.807, 2.05) is 4.90 Å². The molecule has 2 heterocycles. The van der Waals surface area contributed by atoms with Crippen molar-refractivity contribution in [3.8, 4) is 0 Å². The number of nitrogens with zero attached hydrogens (tertiary/aromatic N) is 3. The molecule has 0 aromatic carbocycles. The Kier molecular flexibility index (Phi) is 8.40. The minimum absolute atomic E-state index is 0.264. The van der Waals surface area contributed by atoms with Crippen molar-refractivity contribution in [2.75, 3.05) is 45.0 Å². The highest BCUT2D eigenvalue weighted by Gasteiger charge is 2.25. The molecule has 1 amide bonds. The van der Waals surface area contributed by atoms with E-state index in [0.717, 1.165) is 50.9 Å². The Morgan fingerprint density at radius 3 is 2.76 bits per heavy atom. The predicted molar refractivity (Wildman–Crippen MR) is 108 cm³/mol. The second-order valence-corrected chi connectivity index (χ2v) is 9.02. The van der Waals surface area contributed by atoms with E-state index in [4.69, 9.17) is 4.99 Å². The predicted octanol–water partition coefficient (Wildman–Crippen LogP) is 2.67. The van der Waals surface area contributed by atoms with Crippen molar-refractivity contribution in [2.45, 2.75) is 52.2 Å². The highest BCUT2D eigenvalue weighted by atomic mass is 32.2. The lowest BCUT2D eigenvalue weighted by atomic mass is 10.00. The molecule has 0 spiro atoms. The van der Waals surface area contributed by atoms with E-state index in [0.29, 0.717) is 30.1 Å². The number of aliphatic imine (C=N–C) groups is 1. The lowest BCUT2D eigenvalue weighted by Gasteiger charge is -2.36. The normalized spacial score (nSPS) is 25.4. The molecule has 1 N–H and O–H groups in total. The van der Waals surface area contributed by atoms with Gasteiger partial charge in [-0.3, -0.25) is 9.79 Å². The van der Waals surface area contributed by atoms with E-state index in [1.165, 1.54) is 6.42 Å². The van der Waals surface area contributed by atoms with Crippen LogP contribution in [0, 0.1) is 11.8 Å². The van der Waals surface area contributed by atoms with Crippen LogP contribution in [-0.4, -0.2) is 71.9 Å². The number of hydrogen-bond acceptors (Lipinski definition) is 3. The van der Waals surface area contributed by atoms with Crippen molar-refractivity contribution in [2.24, 2.45) is 16.8 Å². The molecule has 5 nitrogen and oxygen atoms in total. The number of amides is 1. The number of nitrogens with one attached hydrogen (secondary N) is 1. The first-order valence-electron chi connectivity index (χ1n) is 9.93. The van der Waals surface area contributed by atoms with Crippen LogP contribution in [0.4, 0.5) is 0 Å². The Morgan fingerprint density at radius 2 is 2.08 bits per heavy atom. The molecule has 6 heteroatoms. The van der Waals surface area contributed by atoms with Gasteiger partial charge in [0.1, 0.15) is 0 Å². The molecule has 2 fully saturated rings. The van der Waals surface area contributed by atoms with E-state index in [1.54, 1.807) is 0 Å². The van der Waals surface area contributed by atoms with Crippen molar-refractivity contribution in [1.82, 2.24) is 15.1 Å². The van der Waals surface area contributed by atoms with E-state index in [-0.39, 0.29) is 5.91 Å². The second-order valence-electron chi connectivity index (χ2n) is 7.67. The highest BCUT2D eigenvalue weighted by Crippen LogP contribution is 2.25. The van der Waals surface area contributed by atoms with Crippen LogP contribution in [0.5, 0.6) is 0 Å².